The molecule has 0 spiro atoms. The van der Waals surface area contributed by atoms with Crippen LogP contribution in [0.4, 0.5) is 0 Å². The molecule has 1 aliphatic heterocycles. The third-order valence-corrected chi connectivity index (χ3v) is 6.64. The van der Waals surface area contributed by atoms with Gasteiger partial charge in [-0.3, -0.25) is 4.79 Å². The highest BCUT2D eigenvalue weighted by molar-refractivity contribution is 7.89. The molecule has 1 N–H and O–H groups in total. The van der Waals surface area contributed by atoms with Crippen molar-refractivity contribution in [3.8, 4) is 11.6 Å². The molecule has 0 atom stereocenters. The first-order valence-corrected chi connectivity index (χ1v) is 11.3. The first-order valence-electron chi connectivity index (χ1n) is 9.89. The number of carbonyl (C=O) groups is 1. The molecule has 0 unspecified atom stereocenters. The van der Waals surface area contributed by atoms with Gasteiger partial charge >= 0.3 is 0 Å². The highest BCUT2D eigenvalue weighted by atomic mass is 32.2. The zero-order valence-corrected chi connectivity index (χ0v) is 18.2. The van der Waals surface area contributed by atoms with Gasteiger partial charge in [-0.1, -0.05) is 6.07 Å². The van der Waals surface area contributed by atoms with Gasteiger partial charge in [-0.25, -0.2) is 13.4 Å². The molecule has 1 aromatic carbocycles. The van der Waals surface area contributed by atoms with Gasteiger partial charge in [0, 0.05) is 37.5 Å². The van der Waals surface area contributed by atoms with E-state index >= 15 is 0 Å². The van der Waals surface area contributed by atoms with Crippen LogP contribution in [-0.4, -0.2) is 49.9 Å². The van der Waals surface area contributed by atoms with E-state index in [1.807, 2.05) is 19.9 Å². The Morgan fingerprint density at radius 3 is 2.53 bits per heavy atom. The quantitative estimate of drug-likeness (QED) is 0.687. The number of carbonyl (C=O) groups excluding carboxylic acids is 1. The third kappa shape index (κ3) is 5.09. The summed E-state index contributed by atoms with van der Waals surface area (Å²) in [6, 6.07) is 8.00. The van der Waals surface area contributed by atoms with E-state index in [0.29, 0.717) is 19.0 Å². The first-order chi connectivity index (χ1) is 14.3. The molecule has 2 aromatic rings. The number of nitrogens with zero attached hydrogens (tertiary/aromatic N) is 2. The molecular formula is C21H27N3O5S. The standard InChI is InChI=1S/C21H27N3O5S/c1-15(2)29-20-9-6-16(13-22-20)14-23-21(25)17-7-8-18(28-3)19(12-17)30(26,27)24-10-4-5-11-24/h6-9,12-13,15H,4-5,10-11,14H2,1-3H3,(H,23,25). The number of sulfonamides is 1. The Hall–Kier alpha value is -2.65. The molecule has 30 heavy (non-hydrogen) atoms. The molecule has 0 radical (unpaired) electrons. The molecule has 1 aromatic heterocycles. The van der Waals surface area contributed by atoms with Crippen molar-refractivity contribution < 1.29 is 22.7 Å². The van der Waals surface area contributed by atoms with Gasteiger partial charge in [0.25, 0.3) is 5.91 Å². The fourth-order valence-corrected chi connectivity index (χ4v) is 4.90. The van der Waals surface area contributed by atoms with E-state index in [0.717, 1.165) is 18.4 Å². The lowest BCUT2D eigenvalue weighted by atomic mass is 10.2. The lowest BCUT2D eigenvalue weighted by molar-refractivity contribution is 0.0950. The van der Waals surface area contributed by atoms with Crippen LogP contribution in [0.2, 0.25) is 0 Å². The Morgan fingerprint density at radius 1 is 1.20 bits per heavy atom. The summed E-state index contributed by atoms with van der Waals surface area (Å²) < 4.78 is 38.1. The minimum atomic E-state index is -3.71. The predicted octanol–water partition coefficient (Wildman–Crippen LogP) is 2.59. The molecule has 1 aliphatic rings. The van der Waals surface area contributed by atoms with Crippen molar-refractivity contribution in [2.45, 2.75) is 44.2 Å². The van der Waals surface area contributed by atoms with Gasteiger partial charge in [-0.05, 0) is 50.5 Å². The van der Waals surface area contributed by atoms with Crippen LogP contribution in [0.15, 0.2) is 41.4 Å². The summed E-state index contributed by atoms with van der Waals surface area (Å²) in [6.07, 6.45) is 3.33. The van der Waals surface area contributed by atoms with E-state index in [-0.39, 0.29) is 34.8 Å². The fourth-order valence-electron chi connectivity index (χ4n) is 3.20. The number of amides is 1. The smallest absolute Gasteiger partial charge is 0.251 e. The van der Waals surface area contributed by atoms with Crippen LogP contribution in [0, 0.1) is 0 Å². The minimum Gasteiger partial charge on any atom is -0.495 e. The molecular weight excluding hydrogens is 406 g/mol. The van der Waals surface area contributed by atoms with Crippen LogP contribution in [0.3, 0.4) is 0 Å². The average Bonchev–Trinajstić information content (AvgIpc) is 3.28. The molecule has 162 valence electrons. The Kier molecular flexibility index (Phi) is 6.94. The van der Waals surface area contributed by atoms with E-state index < -0.39 is 10.0 Å². The van der Waals surface area contributed by atoms with Gasteiger partial charge in [0.1, 0.15) is 10.6 Å². The van der Waals surface area contributed by atoms with E-state index in [2.05, 4.69) is 10.3 Å². The SMILES string of the molecule is COc1ccc(C(=O)NCc2ccc(OC(C)C)nc2)cc1S(=O)(=O)N1CCCC1. The number of ether oxygens (including phenoxy) is 2. The van der Waals surface area contributed by atoms with Crippen LogP contribution in [0.1, 0.15) is 42.6 Å². The average molecular weight is 434 g/mol. The summed E-state index contributed by atoms with van der Waals surface area (Å²) in [4.78, 5) is 16.8. The number of hydrogen-bond donors (Lipinski definition) is 1. The number of hydrogen-bond acceptors (Lipinski definition) is 6. The number of nitrogens with one attached hydrogen (secondary N) is 1. The first kappa shape index (κ1) is 22.0. The molecule has 0 bridgehead atoms. The van der Waals surface area contributed by atoms with Crippen LogP contribution >= 0.6 is 0 Å². The Morgan fingerprint density at radius 2 is 1.93 bits per heavy atom. The number of pyridine rings is 1. The van der Waals surface area contributed by atoms with Gasteiger partial charge < -0.3 is 14.8 Å². The van der Waals surface area contributed by atoms with Crippen molar-refractivity contribution >= 4 is 15.9 Å². The summed E-state index contributed by atoms with van der Waals surface area (Å²) in [5.74, 6) is 0.369. The van der Waals surface area contributed by atoms with Crippen molar-refractivity contribution in [3.63, 3.8) is 0 Å². The van der Waals surface area contributed by atoms with Crippen molar-refractivity contribution in [1.29, 1.82) is 0 Å². The number of aromatic nitrogens is 1. The molecule has 1 saturated heterocycles. The summed E-state index contributed by atoms with van der Waals surface area (Å²) in [5, 5.41) is 2.79. The summed E-state index contributed by atoms with van der Waals surface area (Å²) >= 11 is 0. The largest absolute Gasteiger partial charge is 0.495 e. The molecule has 3 rings (SSSR count). The van der Waals surface area contributed by atoms with E-state index in [4.69, 9.17) is 9.47 Å². The van der Waals surface area contributed by atoms with E-state index in [1.54, 1.807) is 18.3 Å². The lowest BCUT2D eigenvalue weighted by Crippen LogP contribution is -2.29. The minimum absolute atomic E-state index is 0.0106. The zero-order valence-electron chi connectivity index (χ0n) is 17.4. The molecule has 0 saturated carbocycles. The number of methoxy groups -OCH3 is 1. The normalized spacial score (nSPS) is 14.7. The maximum absolute atomic E-state index is 13.0. The van der Waals surface area contributed by atoms with Crippen LogP contribution < -0.4 is 14.8 Å². The second kappa shape index (κ2) is 9.44. The number of benzene rings is 1. The predicted molar refractivity (Wildman–Crippen MR) is 112 cm³/mol. The van der Waals surface area contributed by atoms with Crippen molar-refractivity contribution in [3.05, 3.63) is 47.7 Å². The maximum atomic E-state index is 13.0. The van der Waals surface area contributed by atoms with Crippen LogP contribution in [-0.2, 0) is 16.6 Å². The van der Waals surface area contributed by atoms with E-state index in [1.165, 1.54) is 23.5 Å². The lowest BCUT2D eigenvalue weighted by Gasteiger charge is -2.18. The van der Waals surface area contributed by atoms with Crippen molar-refractivity contribution in [1.82, 2.24) is 14.6 Å². The summed E-state index contributed by atoms with van der Waals surface area (Å²) in [7, 11) is -2.30. The molecule has 1 fully saturated rings. The molecule has 8 nitrogen and oxygen atoms in total. The fraction of sp³-hybridized carbons (Fsp3) is 0.429. The third-order valence-electron chi connectivity index (χ3n) is 4.72. The van der Waals surface area contributed by atoms with Gasteiger partial charge in [-0.2, -0.15) is 4.31 Å². The Balaban J connectivity index is 1.73. The maximum Gasteiger partial charge on any atom is 0.251 e. The zero-order chi connectivity index (χ0) is 21.7. The molecule has 1 amide bonds. The molecule has 9 heteroatoms. The highest BCUT2D eigenvalue weighted by Crippen LogP contribution is 2.29. The summed E-state index contributed by atoms with van der Waals surface area (Å²) in [6.45, 7) is 5.05. The molecule has 2 heterocycles. The monoisotopic (exact) mass is 433 g/mol. The topological polar surface area (TPSA) is 97.8 Å². The van der Waals surface area contributed by atoms with Crippen LogP contribution in [0.5, 0.6) is 11.6 Å². The Labute approximate surface area is 177 Å². The Bertz CT molecular complexity index is 984. The van der Waals surface area contributed by atoms with Gasteiger partial charge in [0.2, 0.25) is 15.9 Å². The molecule has 0 aliphatic carbocycles. The summed E-state index contributed by atoms with van der Waals surface area (Å²) in [5.41, 5.74) is 1.05. The van der Waals surface area contributed by atoms with Gasteiger partial charge in [0.05, 0.1) is 13.2 Å². The second-order valence-electron chi connectivity index (χ2n) is 7.33. The van der Waals surface area contributed by atoms with Gasteiger partial charge in [-0.15, -0.1) is 0 Å². The highest BCUT2D eigenvalue weighted by Gasteiger charge is 2.30. The van der Waals surface area contributed by atoms with Crippen molar-refractivity contribution in [2.75, 3.05) is 20.2 Å². The number of rotatable bonds is 8. The van der Waals surface area contributed by atoms with Crippen LogP contribution in [0.25, 0.3) is 0 Å². The van der Waals surface area contributed by atoms with Crippen molar-refractivity contribution in [2.24, 2.45) is 0 Å². The van der Waals surface area contributed by atoms with E-state index in [9.17, 15) is 13.2 Å². The van der Waals surface area contributed by atoms with Gasteiger partial charge in [0.15, 0.2) is 0 Å². The second-order valence-corrected chi connectivity index (χ2v) is 9.24.